The summed E-state index contributed by atoms with van der Waals surface area (Å²) >= 11 is 3.63. The quantitative estimate of drug-likeness (QED) is 0.299. The summed E-state index contributed by atoms with van der Waals surface area (Å²) in [6.45, 7) is 0. The van der Waals surface area contributed by atoms with Crippen molar-refractivity contribution >= 4 is 116 Å². The van der Waals surface area contributed by atoms with Crippen molar-refractivity contribution in [3.05, 3.63) is 31.3 Å². The van der Waals surface area contributed by atoms with Crippen molar-refractivity contribution in [2.24, 2.45) is 0 Å². The van der Waals surface area contributed by atoms with Crippen LogP contribution in [0, 0.1) is 0 Å². The fraction of sp³-hybridized carbons (Fsp3) is 0.250. The van der Waals surface area contributed by atoms with Gasteiger partial charge in [0.2, 0.25) is 0 Å². The van der Waals surface area contributed by atoms with Gasteiger partial charge in [0.25, 0.3) is 0 Å². The van der Waals surface area contributed by atoms with Crippen molar-refractivity contribution in [2.75, 3.05) is 23.0 Å². The Morgan fingerprint density at radius 2 is 1.57 bits per heavy atom. The number of hydrogen-bond acceptors (Lipinski definition) is 8. The number of fused-ring (bicyclic) bond motifs is 2. The van der Waals surface area contributed by atoms with Gasteiger partial charge in [-0.1, -0.05) is 0 Å². The summed E-state index contributed by atoms with van der Waals surface area (Å²) in [5.74, 6) is 4.90. The van der Waals surface area contributed by atoms with Crippen molar-refractivity contribution in [3.63, 3.8) is 0 Å². The summed E-state index contributed by atoms with van der Waals surface area (Å²) in [7, 11) is 7.62. The van der Waals surface area contributed by atoms with Crippen LogP contribution in [0.1, 0.15) is 0 Å². The van der Waals surface area contributed by atoms with Gasteiger partial charge < -0.3 is 0 Å². The molecular formula is C16H10As2Br2NO3S4-. The molecule has 1 aromatic carbocycles. The first kappa shape index (κ1) is 21.0. The summed E-state index contributed by atoms with van der Waals surface area (Å²) in [5.41, 5.74) is 1.97. The predicted molar refractivity (Wildman–Crippen MR) is 132 cm³/mol. The molecule has 0 unspecified atom stereocenters. The van der Waals surface area contributed by atoms with Gasteiger partial charge in [-0.05, 0) is 0 Å². The Bertz CT molecular complexity index is 1120. The van der Waals surface area contributed by atoms with Crippen molar-refractivity contribution in [1.29, 1.82) is 0 Å². The number of hydrogen-bond donors (Lipinski definition) is 0. The van der Waals surface area contributed by atoms with Gasteiger partial charge in [-0.15, -0.1) is 0 Å². The third kappa shape index (κ3) is 3.66. The Hall–Kier alpha value is 1.12. The topological polar surface area (TPSA) is 66.2 Å². The maximum absolute atomic E-state index is 13.0. The van der Waals surface area contributed by atoms with E-state index in [1.165, 1.54) is 0 Å². The maximum atomic E-state index is 13.0. The van der Waals surface area contributed by atoms with Crippen LogP contribution >= 0.6 is 72.0 Å². The second-order valence-electron chi connectivity index (χ2n) is 5.83. The normalized spacial score (nSPS) is 18.6. The predicted octanol–water partition coefficient (Wildman–Crippen LogP) is 3.24. The van der Waals surface area contributed by atoms with Crippen LogP contribution in [0.15, 0.2) is 30.3 Å². The van der Waals surface area contributed by atoms with Crippen LogP contribution in [0.25, 0.3) is 22.6 Å². The van der Waals surface area contributed by atoms with Gasteiger partial charge in [0.05, 0.1) is 0 Å². The molecular weight excluding hydrogens is 692 g/mol. The summed E-state index contributed by atoms with van der Waals surface area (Å²) in [6.07, 6.45) is 0. The van der Waals surface area contributed by atoms with E-state index < -0.39 is 24.7 Å². The standard InChI is InChI=1S/C16H11As2Br2NO3S4/c19-7-5-9-15(11(13(7)22)17-25-1-2-26-17)24-16-10(21-9)6-8(20)14(23)12(16)18-27-3-4-28-18/h5-6,22H,1-4H2/p-1. The molecule has 2 fully saturated rings. The van der Waals surface area contributed by atoms with Gasteiger partial charge in [-0.3, -0.25) is 0 Å². The molecule has 2 saturated heterocycles. The van der Waals surface area contributed by atoms with Crippen LogP contribution in [-0.2, 0) is 0 Å². The molecule has 0 bridgehead atoms. The van der Waals surface area contributed by atoms with E-state index in [1.807, 2.05) is 40.1 Å². The fourth-order valence-electron chi connectivity index (χ4n) is 2.92. The zero-order valence-corrected chi connectivity index (χ0v) is 24.1. The molecule has 0 radical (unpaired) electrons. The van der Waals surface area contributed by atoms with Crippen LogP contribution in [0.5, 0.6) is 5.75 Å². The van der Waals surface area contributed by atoms with Crippen LogP contribution in [-0.4, -0.2) is 52.7 Å². The van der Waals surface area contributed by atoms with Crippen LogP contribution in [0.2, 0.25) is 0 Å². The molecule has 3 heterocycles. The van der Waals surface area contributed by atoms with E-state index in [-0.39, 0.29) is 11.2 Å². The van der Waals surface area contributed by atoms with E-state index in [9.17, 15) is 9.90 Å². The Kier molecular flexibility index (Phi) is 6.42. The first-order chi connectivity index (χ1) is 13.5. The zero-order chi connectivity index (χ0) is 19.4. The zero-order valence-electron chi connectivity index (χ0n) is 13.9. The van der Waals surface area contributed by atoms with Gasteiger partial charge in [0.1, 0.15) is 0 Å². The van der Waals surface area contributed by atoms with Crippen molar-refractivity contribution in [3.8, 4) is 17.2 Å². The molecule has 5 rings (SSSR count). The number of nitrogens with zero attached hydrogens (tertiary/aromatic N) is 1. The summed E-state index contributed by atoms with van der Waals surface area (Å²) in [6, 6.07) is 3.50. The van der Waals surface area contributed by atoms with E-state index in [0.717, 1.165) is 31.7 Å². The monoisotopic (exact) mass is 700 g/mol. The first-order valence-corrected chi connectivity index (χ1v) is 24.6. The summed E-state index contributed by atoms with van der Waals surface area (Å²) in [5, 5.41) is 13.0. The summed E-state index contributed by atoms with van der Waals surface area (Å²) < 4.78 is 9.10. The minimum atomic E-state index is -1.61. The van der Waals surface area contributed by atoms with Crippen molar-refractivity contribution in [2.45, 2.75) is 0 Å². The number of benzene rings is 2. The molecule has 0 saturated carbocycles. The van der Waals surface area contributed by atoms with Gasteiger partial charge in [-0.25, -0.2) is 0 Å². The van der Waals surface area contributed by atoms with Crippen molar-refractivity contribution < 1.29 is 9.52 Å². The summed E-state index contributed by atoms with van der Waals surface area (Å²) in [4.78, 5) is 17.8. The Labute approximate surface area is 200 Å². The van der Waals surface area contributed by atoms with Gasteiger partial charge in [0, 0.05) is 0 Å². The van der Waals surface area contributed by atoms with Crippen molar-refractivity contribution in [1.82, 2.24) is 4.98 Å². The average molecular weight is 702 g/mol. The van der Waals surface area contributed by atoms with E-state index in [4.69, 9.17) is 9.40 Å². The Balaban J connectivity index is 1.85. The Morgan fingerprint density at radius 3 is 2.21 bits per heavy atom. The number of halogens is 2. The molecule has 1 aromatic rings. The van der Waals surface area contributed by atoms with E-state index in [1.54, 1.807) is 12.1 Å². The molecule has 0 atom stereocenters. The molecule has 28 heavy (non-hydrogen) atoms. The van der Waals surface area contributed by atoms with E-state index >= 15 is 0 Å². The molecule has 0 amide bonds. The third-order valence-corrected chi connectivity index (χ3v) is 32.4. The van der Waals surface area contributed by atoms with Crippen LogP contribution in [0.3, 0.4) is 0 Å². The molecule has 12 heteroatoms. The van der Waals surface area contributed by atoms with Gasteiger partial charge in [-0.2, -0.15) is 0 Å². The first-order valence-electron chi connectivity index (χ1n) is 8.13. The van der Waals surface area contributed by atoms with Gasteiger partial charge in [0.15, 0.2) is 0 Å². The average Bonchev–Trinajstić information content (AvgIpc) is 3.37. The molecule has 1 aliphatic carbocycles. The van der Waals surface area contributed by atoms with Crippen LogP contribution < -0.4 is 19.2 Å². The molecule has 0 spiro atoms. The number of aromatic nitrogens is 1. The molecule has 0 N–H and O–H groups in total. The van der Waals surface area contributed by atoms with Crippen LogP contribution in [0.4, 0.5) is 0 Å². The molecule has 4 aliphatic rings. The second kappa shape index (κ2) is 8.57. The van der Waals surface area contributed by atoms with E-state index in [2.05, 4.69) is 31.9 Å². The second-order valence-corrected chi connectivity index (χ2v) is 30.7. The molecule has 3 aliphatic heterocycles. The third-order valence-electron chi connectivity index (χ3n) is 4.10. The molecule has 4 nitrogen and oxygen atoms in total. The number of rotatable bonds is 2. The molecule has 146 valence electrons. The fourth-order valence-corrected chi connectivity index (χ4v) is 33.9. The van der Waals surface area contributed by atoms with E-state index in [0.29, 0.717) is 31.5 Å². The van der Waals surface area contributed by atoms with Gasteiger partial charge >= 0.3 is 202 Å². The Morgan fingerprint density at radius 1 is 0.964 bits per heavy atom. The SMILES string of the molecule is O=c1c(Br)cc2nc3cc(Br)c([O-])c([As]4SCCS4)c3oc-2c1[As]1SCCS1. The molecule has 0 aromatic heterocycles. The minimum absolute atomic E-state index is 0.0165.